The Labute approximate surface area is 263 Å². The summed E-state index contributed by atoms with van der Waals surface area (Å²) in [6, 6.07) is 11.3. The molecule has 0 aliphatic carbocycles. The summed E-state index contributed by atoms with van der Waals surface area (Å²) in [6.07, 6.45) is 0.754. The number of halogens is 2. The highest BCUT2D eigenvalue weighted by Crippen LogP contribution is 2.29. The Morgan fingerprint density at radius 1 is 0.643 bits per heavy atom. The molecule has 0 saturated carbocycles. The van der Waals surface area contributed by atoms with Crippen molar-refractivity contribution in [2.24, 2.45) is 0 Å². The van der Waals surface area contributed by atoms with Crippen LogP contribution in [-0.2, 0) is 39.9 Å². The fourth-order valence-corrected chi connectivity index (χ4v) is 4.21. The zero-order chi connectivity index (χ0) is 32.5. The van der Waals surface area contributed by atoms with E-state index in [-0.39, 0.29) is 0 Å². The van der Waals surface area contributed by atoms with Gasteiger partial charge in [-0.05, 0) is 90.8 Å². The first-order valence-corrected chi connectivity index (χ1v) is 14.6. The normalized spacial score (nSPS) is 15.7. The molecule has 232 valence electrons. The number of hydrogen-bond acceptors (Lipinski definition) is 8. The van der Waals surface area contributed by atoms with Crippen molar-refractivity contribution in [3.8, 4) is 0 Å². The summed E-state index contributed by atoms with van der Waals surface area (Å²) < 4.78 is 12.2. The molecular formula is C30H40Br2N2O8. The maximum Gasteiger partial charge on any atom is 0.332 e. The number of amides is 2. The van der Waals surface area contributed by atoms with Gasteiger partial charge >= 0.3 is 11.9 Å². The molecule has 2 aromatic carbocycles. The summed E-state index contributed by atoms with van der Waals surface area (Å²) in [6.45, 7) is 13.2. The van der Waals surface area contributed by atoms with Crippen LogP contribution < -0.4 is 10.6 Å². The van der Waals surface area contributed by atoms with Crippen LogP contribution in [0.15, 0.2) is 57.5 Å². The summed E-state index contributed by atoms with van der Waals surface area (Å²) in [4.78, 5) is 46.0. The third-order valence-corrected chi connectivity index (χ3v) is 6.79. The van der Waals surface area contributed by atoms with Gasteiger partial charge < -0.3 is 30.3 Å². The van der Waals surface area contributed by atoms with Crippen molar-refractivity contribution in [1.29, 1.82) is 0 Å². The number of carbonyl (C=O) groups excluding carboxylic acids is 4. The lowest BCUT2D eigenvalue weighted by Crippen LogP contribution is -2.53. The van der Waals surface area contributed by atoms with E-state index in [0.29, 0.717) is 23.9 Å². The molecule has 0 fully saturated rings. The lowest BCUT2D eigenvalue weighted by Gasteiger charge is -2.33. The molecule has 42 heavy (non-hydrogen) atoms. The van der Waals surface area contributed by atoms with Gasteiger partial charge in [0, 0.05) is 8.95 Å². The molecule has 0 bridgehead atoms. The minimum absolute atomic E-state index is 0.377. The van der Waals surface area contributed by atoms with Gasteiger partial charge in [-0.15, -0.1) is 0 Å². The molecule has 0 aliphatic heterocycles. The second kappa shape index (κ2) is 15.1. The average Bonchev–Trinajstić information content (AvgIpc) is 2.84. The number of rotatable bonds is 10. The number of benzene rings is 2. The molecule has 12 heteroatoms. The van der Waals surface area contributed by atoms with Crippen molar-refractivity contribution in [2.75, 3.05) is 0 Å². The first kappa shape index (κ1) is 37.2. The minimum atomic E-state index is -1.59. The Balaban J connectivity index is 0.000000420. The van der Waals surface area contributed by atoms with Crippen molar-refractivity contribution in [3.05, 3.63) is 68.6 Å². The van der Waals surface area contributed by atoms with E-state index in [0.717, 1.165) is 8.95 Å². The highest BCUT2D eigenvalue weighted by atomic mass is 79.9. The molecular weight excluding hydrogens is 676 g/mol. The number of ether oxygens (including phenoxy) is 2. The molecule has 2 rings (SSSR count). The highest BCUT2D eigenvalue weighted by Gasteiger charge is 2.42. The van der Waals surface area contributed by atoms with Crippen LogP contribution in [0.4, 0.5) is 0 Å². The fraction of sp³-hybridized carbons (Fsp3) is 0.467. The first-order chi connectivity index (χ1) is 19.2. The molecule has 2 amide bonds. The van der Waals surface area contributed by atoms with E-state index < -0.39 is 46.4 Å². The van der Waals surface area contributed by atoms with Crippen molar-refractivity contribution < 1.29 is 38.9 Å². The van der Waals surface area contributed by atoms with E-state index in [2.05, 4.69) is 42.5 Å². The van der Waals surface area contributed by atoms with Crippen LogP contribution in [0.25, 0.3) is 0 Å². The van der Waals surface area contributed by atoms with Crippen LogP contribution in [0.1, 0.15) is 66.5 Å². The van der Waals surface area contributed by atoms with Crippen LogP contribution in [-0.4, -0.2) is 58.3 Å². The van der Waals surface area contributed by atoms with Gasteiger partial charge in [-0.2, -0.15) is 0 Å². The Kier molecular flexibility index (Phi) is 13.4. The van der Waals surface area contributed by atoms with Crippen molar-refractivity contribution >= 4 is 56.6 Å². The molecule has 0 aromatic heterocycles. The zero-order valence-electron chi connectivity index (χ0n) is 25.0. The molecule has 0 saturated heterocycles. The summed E-state index contributed by atoms with van der Waals surface area (Å²) in [5.74, 6) is -1.38. The van der Waals surface area contributed by atoms with Gasteiger partial charge in [0.25, 0.3) is 0 Å². The Bertz CT molecular complexity index is 1110. The number of nitrogens with one attached hydrogen (secondary N) is 2. The molecule has 2 aromatic rings. The predicted molar refractivity (Wildman–Crippen MR) is 165 cm³/mol. The number of aliphatic hydroxyl groups is 2. The lowest BCUT2D eigenvalue weighted by molar-refractivity contribution is -0.166. The lowest BCUT2D eigenvalue weighted by atomic mass is 9.88. The van der Waals surface area contributed by atoms with Gasteiger partial charge in [-0.25, -0.2) is 9.59 Å². The largest absolute Gasteiger partial charge is 0.458 e. The maximum absolute atomic E-state index is 12.2. The van der Waals surface area contributed by atoms with Gasteiger partial charge in [-0.1, -0.05) is 56.1 Å². The summed E-state index contributed by atoms with van der Waals surface area (Å²) >= 11 is 6.61. The van der Waals surface area contributed by atoms with Crippen LogP contribution in [0.2, 0.25) is 0 Å². The second-order valence-electron chi connectivity index (χ2n) is 11.8. The van der Waals surface area contributed by atoms with E-state index in [1.54, 1.807) is 90.1 Å². The fourth-order valence-electron chi connectivity index (χ4n) is 3.69. The van der Waals surface area contributed by atoms with Crippen LogP contribution >= 0.6 is 31.9 Å². The Morgan fingerprint density at radius 3 is 1.12 bits per heavy atom. The average molecular weight is 716 g/mol. The quantitative estimate of drug-likeness (QED) is 0.211. The third kappa shape index (κ3) is 11.5. The van der Waals surface area contributed by atoms with E-state index in [9.17, 15) is 29.4 Å². The van der Waals surface area contributed by atoms with Crippen molar-refractivity contribution in [3.63, 3.8) is 0 Å². The predicted octanol–water partition coefficient (Wildman–Crippen LogP) is 4.23. The first-order valence-electron chi connectivity index (χ1n) is 13.0. The van der Waals surface area contributed by atoms with E-state index in [1.807, 2.05) is 0 Å². The monoisotopic (exact) mass is 714 g/mol. The van der Waals surface area contributed by atoms with Gasteiger partial charge in [0.05, 0.1) is 0 Å². The number of hydrogen-bond donors (Lipinski definition) is 4. The molecule has 0 heterocycles. The molecule has 4 atom stereocenters. The van der Waals surface area contributed by atoms with Crippen LogP contribution in [0.3, 0.4) is 0 Å². The molecule has 10 nitrogen and oxygen atoms in total. The summed E-state index contributed by atoms with van der Waals surface area (Å²) in [5, 5.41) is 26.1. The smallest absolute Gasteiger partial charge is 0.332 e. The molecule has 0 unspecified atom stereocenters. The van der Waals surface area contributed by atoms with Gasteiger partial charge in [0.2, 0.25) is 12.8 Å². The van der Waals surface area contributed by atoms with Crippen LogP contribution in [0, 0.1) is 0 Å². The number of carbonyl (C=O) groups is 4. The third-order valence-electron chi connectivity index (χ3n) is 5.74. The van der Waals surface area contributed by atoms with Crippen molar-refractivity contribution in [1.82, 2.24) is 10.6 Å². The number of esters is 2. The van der Waals surface area contributed by atoms with Crippen molar-refractivity contribution in [2.45, 2.75) is 89.9 Å². The summed E-state index contributed by atoms with van der Waals surface area (Å²) in [5.41, 5.74) is -3.62. The van der Waals surface area contributed by atoms with E-state index >= 15 is 0 Å². The highest BCUT2D eigenvalue weighted by molar-refractivity contribution is 9.10. The van der Waals surface area contributed by atoms with Crippen LogP contribution in [0.5, 0.6) is 0 Å². The maximum atomic E-state index is 12.2. The Morgan fingerprint density at radius 2 is 0.905 bits per heavy atom. The molecule has 0 spiro atoms. The van der Waals surface area contributed by atoms with Gasteiger partial charge in [0.15, 0.2) is 12.1 Å². The molecule has 0 aliphatic rings. The van der Waals surface area contributed by atoms with E-state index in [4.69, 9.17) is 9.47 Å². The second-order valence-corrected chi connectivity index (χ2v) is 13.6. The zero-order valence-corrected chi connectivity index (χ0v) is 28.2. The van der Waals surface area contributed by atoms with Gasteiger partial charge in [-0.3, -0.25) is 9.59 Å². The minimum Gasteiger partial charge on any atom is -0.458 e. The molecule has 0 radical (unpaired) electrons. The summed E-state index contributed by atoms with van der Waals surface area (Å²) in [7, 11) is 0. The standard InChI is InChI=1S/2C15H20BrNO4/c2*1-14(2,3)21-13(19)12(17-9-18)15(4,20)10-5-7-11(16)8-6-10/h2*5-9,12,20H,1-4H3,(H,17,18)/t2*12-,15+/m00/s1. The topological polar surface area (TPSA) is 151 Å². The Hall–Kier alpha value is -2.80. The van der Waals surface area contributed by atoms with Gasteiger partial charge in [0.1, 0.15) is 22.4 Å². The SMILES string of the molecule is CC(C)(C)OC(=O)[C@H](NC=O)[C@](C)(O)c1ccc(Br)cc1.CC(C)(C)OC(=O)[C@H](NC=O)[C@](C)(O)c1ccc(Br)cc1. The van der Waals surface area contributed by atoms with E-state index in [1.165, 1.54) is 13.8 Å². The molecule has 4 N–H and O–H groups in total.